The van der Waals surface area contributed by atoms with Crippen molar-refractivity contribution in [1.29, 1.82) is 0 Å². The number of nitrogens with zero attached hydrogens (tertiary/aromatic N) is 1. The van der Waals surface area contributed by atoms with E-state index in [1.165, 1.54) is 45.2 Å². The van der Waals surface area contributed by atoms with Crippen LogP contribution in [-0.4, -0.2) is 30.1 Å². The second-order valence-corrected chi connectivity index (χ2v) is 8.48. The summed E-state index contributed by atoms with van der Waals surface area (Å²) in [6, 6.07) is 0. The minimum absolute atomic E-state index is 0.274. The third kappa shape index (κ3) is 5.56. The molecule has 1 rings (SSSR count). The maximum absolute atomic E-state index is 6.32. The molecule has 21 heavy (non-hydrogen) atoms. The molecule has 0 saturated heterocycles. The van der Waals surface area contributed by atoms with Crippen LogP contribution in [0.4, 0.5) is 0 Å². The Labute approximate surface area is 133 Å². The molecular weight excluding hydrogens is 256 g/mol. The van der Waals surface area contributed by atoms with Crippen molar-refractivity contribution in [2.75, 3.05) is 19.6 Å². The van der Waals surface area contributed by atoms with Gasteiger partial charge < -0.3 is 5.73 Å². The molecule has 0 aromatic carbocycles. The quantitative estimate of drug-likeness (QED) is 0.713. The van der Waals surface area contributed by atoms with Crippen LogP contribution in [0.2, 0.25) is 0 Å². The normalized spacial score (nSPS) is 30.6. The van der Waals surface area contributed by atoms with Crippen molar-refractivity contribution in [3.63, 3.8) is 0 Å². The van der Waals surface area contributed by atoms with E-state index >= 15 is 0 Å². The molecule has 0 heterocycles. The molecule has 1 fully saturated rings. The highest BCUT2D eigenvalue weighted by Gasteiger charge is 2.40. The molecule has 0 amide bonds. The van der Waals surface area contributed by atoms with Crippen molar-refractivity contribution in [3.8, 4) is 0 Å². The van der Waals surface area contributed by atoms with Crippen LogP contribution in [0.3, 0.4) is 0 Å². The average molecular weight is 297 g/mol. The molecule has 3 unspecified atom stereocenters. The zero-order valence-electron chi connectivity index (χ0n) is 15.5. The van der Waals surface area contributed by atoms with E-state index in [2.05, 4.69) is 46.4 Å². The third-order valence-corrected chi connectivity index (χ3v) is 5.74. The second-order valence-electron chi connectivity index (χ2n) is 8.48. The van der Waals surface area contributed by atoms with Crippen LogP contribution in [0.25, 0.3) is 0 Å². The highest BCUT2D eigenvalue weighted by molar-refractivity contribution is 4.97. The zero-order chi connectivity index (χ0) is 16.0. The van der Waals surface area contributed by atoms with Crippen molar-refractivity contribution in [3.05, 3.63) is 0 Å². The van der Waals surface area contributed by atoms with E-state index in [0.717, 1.165) is 30.2 Å². The molecule has 1 aliphatic carbocycles. The number of rotatable bonds is 8. The smallest absolute Gasteiger partial charge is 0.0334 e. The van der Waals surface area contributed by atoms with Gasteiger partial charge in [-0.2, -0.15) is 0 Å². The third-order valence-electron chi connectivity index (χ3n) is 5.74. The maximum atomic E-state index is 6.32. The highest BCUT2D eigenvalue weighted by Crippen LogP contribution is 2.39. The molecule has 2 N–H and O–H groups in total. The van der Waals surface area contributed by atoms with E-state index in [1.807, 2.05) is 0 Å². The Kier molecular flexibility index (Phi) is 7.70. The minimum atomic E-state index is 0.274. The van der Waals surface area contributed by atoms with E-state index in [4.69, 9.17) is 5.73 Å². The largest absolute Gasteiger partial charge is 0.329 e. The molecular formula is C19H40N2. The first-order valence-electron chi connectivity index (χ1n) is 9.26. The van der Waals surface area contributed by atoms with Crippen LogP contribution in [0.5, 0.6) is 0 Å². The SMILES string of the molecule is CC(C)CCN(CCC(C)C)C1(CN)CCC(C)C(C)C1. The Morgan fingerprint density at radius 1 is 1.00 bits per heavy atom. The second kappa shape index (κ2) is 8.53. The van der Waals surface area contributed by atoms with Gasteiger partial charge in [-0.3, -0.25) is 4.90 Å². The highest BCUT2D eigenvalue weighted by atomic mass is 15.2. The van der Waals surface area contributed by atoms with E-state index in [0.29, 0.717) is 0 Å². The lowest BCUT2D eigenvalue weighted by Crippen LogP contribution is -2.57. The molecule has 1 aliphatic rings. The van der Waals surface area contributed by atoms with Gasteiger partial charge >= 0.3 is 0 Å². The summed E-state index contributed by atoms with van der Waals surface area (Å²) in [5, 5.41) is 0. The Morgan fingerprint density at radius 2 is 1.52 bits per heavy atom. The molecule has 0 aromatic rings. The van der Waals surface area contributed by atoms with E-state index in [1.54, 1.807) is 0 Å². The lowest BCUT2D eigenvalue weighted by Gasteiger charge is -2.50. The molecule has 126 valence electrons. The van der Waals surface area contributed by atoms with Crippen molar-refractivity contribution in [1.82, 2.24) is 4.90 Å². The van der Waals surface area contributed by atoms with Gasteiger partial charge in [0.15, 0.2) is 0 Å². The van der Waals surface area contributed by atoms with Crippen LogP contribution in [0.15, 0.2) is 0 Å². The van der Waals surface area contributed by atoms with Crippen LogP contribution in [-0.2, 0) is 0 Å². The number of nitrogens with two attached hydrogens (primary N) is 1. The van der Waals surface area contributed by atoms with Gasteiger partial charge in [0.1, 0.15) is 0 Å². The van der Waals surface area contributed by atoms with Crippen LogP contribution < -0.4 is 5.73 Å². The van der Waals surface area contributed by atoms with E-state index in [-0.39, 0.29) is 5.54 Å². The van der Waals surface area contributed by atoms with Crippen molar-refractivity contribution in [2.24, 2.45) is 29.4 Å². The molecule has 1 saturated carbocycles. The lowest BCUT2D eigenvalue weighted by molar-refractivity contribution is 0.0152. The predicted molar refractivity (Wildman–Crippen MR) is 94.4 cm³/mol. The summed E-state index contributed by atoms with van der Waals surface area (Å²) >= 11 is 0. The van der Waals surface area contributed by atoms with Gasteiger partial charge in [-0.15, -0.1) is 0 Å². The Bertz CT molecular complexity index is 275. The summed E-state index contributed by atoms with van der Waals surface area (Å²) in [7, 11) is 0. The first kappa shape index (κ1) is 19.0. The van der Waals surface area contributed by atoms with Crippen LogP contribution >= 0.6 is 0 Å². The van der Waals surface area contributed by atoms with Crippen molar-refractivity contribution < 1.29 is 0 Å². The lowest BCUT2D eigenvalue weighted by atomic mass is 9.70. The summed E-state index contributed by atoms with van der Waals surface area (Å²) in [5.74, 6) is 3.23. The first-order valence-corrected chi connectivity index (χ1v) is 9.26. The fourth-order valence-corrected chi connectivity index (χ4v) is 3.70. The van der Waals surface area contributed by atoms with Crippen molar-refractivity contribution in [2.45, 2.75) is 79.2 Å². The molecule has 0 radical (unpaired) electrons. The molecule has 0 spiro atoms. The van der Waals surface area contributed by atoms with Gasteiger partial charge in [0, 0.05) is 12.1 Å². The molecule has 2 heteroatoms. The summed E-state index contributed by atoms with van der Waals surface area (Å²) in [6.07, 6.45) is 6.53. The molecule has 0 bridgehead atoms. The molecule has 0 aliphatic heterocycles. The summed E-state index contributed by atoms with van der Waals surface area (Å²) in [5.41, 5.74) is 6.59. The first-order chi connectivity index (χ1) is 9.80. The predicted octanol–water partition coefficient (Wildman–Crippen LogP) is 4.53. The summed E-state index contributed by atoms with van der Waals surface area (Å²) in [4.78, 5) is 2.77. The standard InChI is InChI=1S/C19H40N2/c1-15(2)8-11-21(12-9-16(3)4)19(14-20)10-7-17(5)18(6)13-19/h15-18H,7-14,20H2,1-6H3. The summed E-state index contributed by atoms with van der Waals surface area (Å²) in [6.45, 7) is 17.5. The van der Waals surface area contributed by atoms with Gasteiger partial charge in [-0.1, -0.05) is 41.5 Å². The van der Waals surface area contributed by atoms with Gasteiger partial charge in [-0.05, 0) is 68.9 Å². The molecule has 2 nitrogen and oxygen atoms in total. The topological polar surface area (TPSA) is 29.3 Å². The minimum Gasteiger partial charge on any atom is -0.329 e. The Hall–Kier alpha value is -0.0800. The van der Waals surface area contributed by atoms with E-state index < -0.39 is 0 Å². The number of hydrogen-bond donors (Lipinski definition) is 1. The number of hydrogen-bond acceptors (Lipinski definition) is 2. The summed E-state index contributed by atoms with van der Waals surface area (Å²) < 4.78 is 0. The van der Waals surface area contributed by atoms with E-state index in [9.17, 15) is 0 Å². The van der Waals surface area contributed by atoms with Crippen LogP contribution in [0.1, 0.15) is 73.6 Å². The van der Waals surface area contributed by atoms with Gasteiger partial charge in [0.05, 0.1) is 0 Å². The van der Waals surface area contributed by atoms with Crippen molar-refractivity contribution >= 4 is 0 Å². The fraction of sp³-hybridized carbons (Fsp3) is 1.00. The van der Waals surface area contributed by atoms with Gasteiger partial charge in [0.25, 0.3) is 0 Å². The zero-order valence-corrected chi connectivity index (χ0v) is 15.5. The monoisotopic (exact) mass is 296 g/mol. The fourth-order valence-electron chi connectivity index (χ4n) is 3.70. The Balaban J connectivity index is 2.80. The molecule has 3 atom stereocenters. The van der Waals surface area contributed by atoms with Gasteiger partial charge in [0.2, 0.25) is 0 Å². The maximum Gasteiger partial charge on any atom is 0.0334 e. The average Bonchev–Trinajstić information content (AvgIpc) is 2.41. The van der Waals surface area contributed by atoms with Gasteiger partial charge in [-0.25, -0.2) is 0 Å². The van der Waals surface area contributed by atoms with Crippen LogP contribution in [0, 0.1) is 23.7 Å². The molecule has 0 aromatic heterocycles. The Morgan fingerprint density at radius 3 is 1.90 bits per heavy atom.